The number of carbonyl (C=O) groups is 2. The smallest absolute Gasteiger partial charge is 0.175 e. The van der Waals surface area contributed by atoms with E-state index in [4.69, 9.17) is 0 Å². The Balaban J connectivity index is 2.10. The summed E-state index contributed by atoms with van der Waals surface area (Å²) < 4.78 is 17.5. The van der Waals surface area contributed by atoms with E-state index in [0.717, 1.165) is 16.3 Å². The normalized spacial score (nSPS) is 10.8. The van der Waals surface area contributed by atoms with Gasteiger partial charge in [0.15, 0.2) is 12.1 Å². The number of aryl methyl sites for hydroxylation is 2. The Hall–Kier alpha value is -2.54. The fraction of sp³-hybridized carbons (Fsp3) is 0.167. The van der Waals surface area contributed by atoms with Crippen molar-refractivity contribution in [1.29, 1.82) is 0 Å². The molecule has 0 amide bonds. The number of nitrogens with zero attached hydrogens (tertiary/aromatic N) is 2. The quantitative estimate of drug-likeness (QED) is 0.619. The topological polar surface area (TPSA) is 64.0 Å². The molecule has 0 unspecified atom stereocenters. The second-order valence-electron chi connectivity index (χ2n) is 5.62. The van der Waals surface area contributed by atoms with E-state index in [9.17, 15) is 14.0 Å². The van der Waals surface area contributed by atoms with Gasteiger partial charge in [-0.2, -0.15) is 0 Å². The number of rotatable bonds is 6. The number of hydrogen-bond donors (Lipinski definition) is 1. The molecule has 1 N–H and O–H groups in total. The lowest BCUT2D eigenvalue weighted by Gasteiger charge is -2.13. The Labute approximate surface area is 152 Å². The largest absolute Gasteiger partial charge is 0.352 e. The van der Waals surface area contributed by atoms with Crippen LogP contribution >= 0.6 is 15.9 Å². The SMILES string of the molecule is Cc1cc(Br)ccc1Nc1c(C=O)cc2c(ncn2CCC=O)c1F. The van der Waals surface area contributed by atoms with E-state index in [1.165, 1.54) is 6.33 Å². The van der Waals surface area contributed by atoms with Crippen molar-refractivity contribution in [1.82, 2.24) is 9.55 Å². The van der Waals surface area contributed by atoms with Crippen LogP contribution in [0.1, 0.15) is 22.3 Å². The first-order valence-electron chi connectivity index (χ1n) is 7.64. The third-order valence-corrected chi connectivity index (χ3v) is 4.44. The zero-order valence-corrected chi connectivity index (χ0v) is 15.0. The summed E-state index contributed by atoms with van der Waals surface area (Å²) in [5.74, 6) is -0.591. The molecule has 2 aromatic carbocycles. The fourth-order valence-electron chi connectivity index (χ4n) is 2.67. The summed E-state index contributed by atoms with van der Waals surface area (Å²) in [5.41, 5.74) is 2.54. The van der Waals surface area contributed by atoms with Crippen molar-refractivity contribution in [3.05, 3.63) is 52.0 Å². The Morgan fingerprint density at radius 2 is 2.12 bits per heavy atom. The average molecular weight is 404 g/mol. The van der Waals surface area contributed by atoms with Crippen LogP contribution in [0.3, 0.4) is 0 Å². The third kappa shape index (κ3) is 3.32. The molecule has 0 saturated carbocycles. The minimum absolute atomic E-state index is 0.0913. The monoisotopic (exact) mass is 403 g/mol. The third-order valence-electron chi connectivity index (χ3n) is 3.95. The molecule has 7 heteroatoms. The van der Waals surface area contributed by atoms with Gasteiger partial charge in [-0.3, -0.25) is 4.79 Å². The summed E-state index contributed by atoms with van der Waals surface area (Å²) in [4.78, 5) is 26.2. The highest BCUT2D eigenvalue weighted by molar-refractivity contribution is 9.10. The first-order valence-corrected chi connectivity index (χ1v) is 8.43. The molecule has 0 aliphatic carbocycles. The molecule has 0 atom stereocenters. The van der Waals surface area contributed by atoms with E-state index in [1.54, 1.807) is 16.7 Å². The molecule has 25 heavy (non-hydrogen) atoms. The molecule has 1 aromatic heterocycles. The average Bonchev–Trinajstić information content (AvgIpc) is 3.00. The van der Waals surface area contributed by atoms with E-state index >= 15 is 0 Å². The Morgan fingerprint density at radius 3 is 2.80 bits per heavy atom. The standard InChI is InChI=1S/C18H15BrFN3O2/c1-11-7-13(19)3-4-14(11)22-17-12(9-25)8-15-18(16(17)20)21-10-23(15)5-2-6-24/h3-4,6-10,22H,2,5H2,1H3. The van der Waals surface area contributed by atoms with Crippen molar-refractivity contribution in [3.63, 3.8) is 0 Å². The predicted molar refractivity (Wildman–Crippen MR) is 97.9 cm³/mol. The summed E-state index contributed by atoms with van der Waals surface area (Å²) in [6, 6.07) is 7.12. The molecule has 0 aliphatic heterocycles. The highest BCUT2D eigenvalue weighted by Crippen LogP contribution is 2.31. The number of halogens is 2. The highest BCUT2D eigenvalue weighted by Gasteiger charge is 2.18. The maximum absolute atomic E-state index is 15.0. The van der Waals surface area contributed by atoms with Crippen LogP contribution in [0.25, 0.3) is 11.0 Å². The maximum Gasteiger partial charge on any atom is 0.175 e. The van der Waals surface area contributed by atoms with Gasteiger partial charge in [-0.25, -0.2) is 9.37 Å². The van der Waals surface area contributed by atoms with Gasteiger partial charge < -0.3 is 14.7 Å². The van der Waals surface area contributed by atoms with E-state index in [2.05, 4.69) is 26.2 Å². The highest BCUT2D eigenvalue weighted by atomic mass is 79.9. The number of hydrogen-bond acceptors (Lipinski definition) is 4. The number of nitrogens with one attached hydrogen (secondary N) is 1. The lowest BCUT2D eigenvalue weighted by molar-refractivity contribution is -0.108. The van der Waals surface area contributed by atoms with Crippen LogP contribution in [0.15, 0.2) is 35.1 Å². The van der Waals surface area contributed by atoms with E-state index in [-0.39, 0.29) is 16.8 Å². The van der Waals surface area contributed by atoms with Gasteiger partial charge >= 0.3 is 0 Å². The van der Waals surface area contributed by atoms with Gasteiger partial charge in [0.05, 0.1) is 17.5 Å². The van der Waals surface area contributed by atoms with Crippen LogP contribution < -0.4 is 5.32 Å². The summed E-state index contributed by atoms with van der Waals surface area (Å²) >= 11 is 3.38. The van der Waals surface area contributed by atoms with Gasteiger partial charge in [-0.05, 0) is 36.8 Å². The molecule has 3 aromatic rings. The van der Waals surface area contributed by atoms with Crippen molar-refractivity contribution < 1.29 is 14.0 Å². The van der Waals surface area contributed by atoms with Crippen LogP contribution in [-0.2, 0) is 11.3 Å². The Kier molecular flexibility index (Phi) is 4.94. The zero-order chi connectivity index (χ0) is 18.0. The number of imidazole rings is 1. The lowest BCUT2D eigenvalue weighted by Crippen LogP contribution is -2.03. The van der Waals surface area contributed by atoms with E-state index in [0.29, 0.717) is 30.5 Å². The second-order valence-corrected chi connectivity index (χ2v) is 6.53. The van der Waals surface area contributed by atoms with Crippen LogP contribution in [0, 0.1) is 12.7 Å². The number of anilines is 2. The lowest BCUT2D eigenvalue weighted by atomic mass is 10.1. The molecule has 0 aliphatic rings. The first-order chi connectivity index (χ1) is 12.0. The molecule has 0 radical (unpaired) electrons. The summed E-state index contributed by atoms with van der Waals surface area (Å²) in [7, 11) is 0. The molecule has 0 spiro atoms. The Bertz CT molecular complexity index is 969. The second kappa shape index (κ2) is 7.14. The van der Waals surface area contributed by atoms with Gasteiger partial charge in [-0.1, -0.05) is 15.9 Å². The zero-order valence-electron chi connectivity index (χ0n) is 13.4. The predicted octanol–water partition coefficient (Wildman–Crippen LogP) is 4.39. The molecular weight excluding hydrogens is 389 g/mol. The summed E-state index contributed by atoms with van der Waals surface area (Å²) in [6.45, 7) is 2.27. The molecule has 128 valence electrons. The molecule has 5 nitrogen and oxygen atoms in total. The van der Waals surface area contributed by atoms with Gasteiger partial charge in [0.2, 0.25) is 0 Å². The van der Waals surface area contributed by atoms with Crippen molar-refractivity contribution in [3.8, 4) is 0 Å². The maximum atomic E-state index is 15.0. The molecule has 1 heterocycles. The molecule has 0 bridgehead atoms. The van der Waals surface area contributed by atoms with Gasteiger partial charge in [0.25, 0.3) is 0 Å². The summed E-state index contributed by atoms with van der Waals surface area (Å²) in [6.07, 6.45) is 3.16. The number of aromatic nitrogens is 2. The Morgan fingerprint density at radius 1 is 1.32 bits per heavy atom. The van der Waals surface area contributed by atoms with Crippen molar-refractivity contribution in [2.75, 3.05) is 5.32 Å². The van der Waals surface area contributed by atoms with Crippen molar-refractivity contribution in [2.24, 2.45) is 0 Å². The van der Waals surface area contributed by atoms with Crippen molar-refractivity contribution in [2.45, 2.75) is 19.9 Å². The number of fused-ring (bicyclic) bond motifs is 1. The van der Waals surface area contributed by atoms with Crippen LogP contribution in [-0.4, -0.2) is 22.1 Å². The van der Waals surface area contributed by atoms with Crippen LogP contribution in [0.4, 0.5) is 15.8 Å². The molecule has 3 rings (SSSR count). The van der Waals surface area contributed by atoms with Crippen LogP contribution in [0.5, 0.6) is 0 Å². The van der Waals surface area contributed by atoms with Gasteiger partial charge in [0.1, 0.15) is 11.8 Å². The molecule has 0 saturated heterocycles. The number of aldehydes is 2. The minimum Gasteiger partial charge on any atom is -0.352 e. The number of benzene rings is 2. The van der Waals surface area contributed by atoms with Gasteiger partial charge in [-0.15, -0.1) is 0 Å². The molecule has 0 fully saturated rings. The minimum atomic E-state index is -0.591. The van der Waals surface area contributed by atoms with Gasteiger partial charge in [0, 0.05) is 28.7 Å². The summed E-state index contributed by atoms with van der Waals surface area (Å²) in [5, 5.41) is 3.00. The number of carbonyl (C=O) groups excluding carboxylic acids is 2. The molecular formula is C18H15BrFN3O2. The fourth-order valence-corrected chi connectivity index (χ4v) is 3.14. The van der Waals surface area contributed by atoms with Crippen molar-refractivity contribution >= 4 is 50.9 Å². The first kappa shape index (κ1) is 17.3. The van der Waals surface area contributed by atoms with E-state index < -0.39 is 5.82 Å². The van der Waals surface area contributed by atoms with Crippen LogP contribution in [0.2, 0.25) is 0 Å². The van der Waals surface area contributed by atoms with E-state index in [1.807, 2.05) is 19.1 Å².